The van der Waals surface area contributed by atoms with Gasteiger partial charge in [-0.15, -0.1) is 0 Å². The number of carbonyl (C=O) groups excluding carboxylic acids is 1. The van der Waals surface area contributed by atoms with Crippen LogP contribution in [0.2, 0.25) is 0 Å². The van der Waals surface area contributed by atoms with E-state index in [0.29, 0.717) is 6.42 Å². The van der Waals surface area contributed by atoms with Crippen molar-refractivity contribution in [3.8, 4) is 0 Å². The Kier molecular flexibility index (Phi) is 4.86. The first-order chi connectivity index (χ1) is 12.1. The van der Waals surface area contributed by atoms with Crippen molar-refractivity contribution in [2.45, 2.75) is 12.0 Å². The van der Waals surface area contributed by atoms with Crippen LogP contribution in [0.15, 0.2) is 59.7 Å². The SMILES string of the molecule is CO[C@@]1(c2ccccc2)C[C@H]1C(=O)N/N=C\c1ccc(N(C)C)cc1. The van der Waals surface area contributed by atoms with Crippen LogP contribution < -0.4 is 10.3 Å². The molecule has 0 spiro atoms. The molecule has 3 rings (SSSR count). The maximum Gasteiger partial charge on any atom is 0.246 e. The molecule has 1 saturated carbocycles. The summed E-state index contributed by atoms with van der Waals surface area (Å²) in [5.41, 5.74) is 5.19. The van der Waals surface area contributed by atoms with E-state index in [9.17, 15) is 4.79 Å². The second-order valence-corrected chi connectivity index (χ2v) is 6.44. The second-order valence-electron chi connectivity index (χ2n) is 6.44. The molecule has 25 heavy (non-hydrogen) atoms. The Labute approximate surface area is 148 Å². The molecule has 2 atom stereocenters. The maximum atomic E-state index is 12.4. The van der Waals surface area contributed by atoms with Crippen molar-refractivity contribution in [1.82, 2.24) is 5.43 Å². The Morgan fingerprint density at radius 2 is 1.88 bits per heavy atom. The van der Waals surface area contributed by atoms with E-state index < -0.39 is 5.60 Å². The van der Waals surface area contributed by atoms with Crippen LogP contribution in [0, 0.1) is 5.92 Å². The number of hydrogen-bond donors (Lipinski definition) is 1. The Hall–Kier alpha value is -2.66. The van der Waals surface area contributed by atoms with Gasteiger partial charge >= 0.3 is 0 Å². The highest BCUT2D eigenvalue weighted by molar-refractivity contribution is 5.86. The number of anilines is 1. The number of amides is 1. The minimum atomic E-state index is -0.520. The first kappa shape index (κ1) is 17.2. The van der Waals surface area contributed by atoms with Gasteiger partial charge in [0.2, 0.25) is 5.91 Å². The number of rotatable bonds is 6. The van der Waals surface area contributed by atoms with Crippen LogP contribution in [-0.4, -0.2) is 33.3 Å². The van der Waals surface area contributed by atoms with Crippen molar-refractivity contribution in [3.63, 3.8) is 0 Å². The van der Waals surface area contributed by atoms with Gasteiger partial charge in [-0.3, -0.25) is 4.79 Å². The van der Waals surface area contributed by atoms with Gasteiger partial charge in [-0.05, 0) is 29.7 Å². The van der Waals surface area contributed by atoms with Gasteiger partial charge in [0.25, 0.3) is 0 Å². The van der Waals surface area contributed by atoms with Gasteiger partial charge in [0, 0.05) is 26.9 Å². The van der Waals surface area contributed by atoms with Gasteiger partial charge in [0.1, 0.15) is 5.60 Å². The molecule has 1 aliphatic rings. The Balaban J connectivity index is 1.60. The highest BCUT2D eigenvalue weighted by atomic mass is 16.5. The van der Waals surface area contributed by atoms with Gasteiger partial charge < -0.3 is 9.64 Å². The number of methoxy groups -OCH3 is 1. The molecule has 0 unspecified atom stereocenters. The van der Waals surface area contributed by atoms with Gasteiger partial charge in [-0.2, -0.15) is 5.10 Å². The second kappa shape index (κ2) is 7.07. The monoisotopic (exact) mass is 337 g/mol. The molecule has 0 aromatic heterocycles. The lowest BCUT2D eigenvalue weighted by Gasteiger charge is -2.15. The van der Waals surface area contributed by atoms with E-state index in [2.05, 4.69) is 10.5 Å². The third-order valence-corrected chi connectivity index (χ3v) is 4.65. The molecule has 1 aliphatic carbocycles. The summed E-state index contributed by atoms with van der Waals surface area (Å²) in [6.45, 7) is 0. The molecule has 1 fully saturated rings. The lowest BCUT2D eigenvalue weighted by Crippen LogP contribution is -2.25. The lowest BCUT2D eigenvalue weighted by atomic mass is 10.1. The fourth-order valence-corrected chi connectivity index (χ4v) is 3.04. The number of nitrogens with one attached hydrogen (secondary N) is 1. The molecule has 0 radical (unpaired) electrons. The van der Waals surface area contributed by atoms with E-state index in [0.717, 1.165) is 16.8 Å². The van der Waals surface area contributed by atoms with Crippen molar-refractivity contribution in [3.05, 3.63) is 65.7 Å². The largest absolute Gasteiger partial charge is 0.378 e. The number of benzene rings is 2. The lowest BCUT2D eigenvalue weighted by molar-refractivity contribution is -0.124. The zero-order valence-electron chi connectivity index (χ0n) is 14.8. The normalized spacial score (nSPS) is 22.0. The van der Waals surface area contributed by atoms with Crippen LogP contribution in [-0.2, 0) is 15.1 Å². The van der Waals surface area contributed by atoms with E-state index >= 15 is 0 Å². The van der Waals surface area contributed by atoms with E-state index in [1.165, 1.54) is 0 Å². The van der Waals surface area contributed by atoms with Gasteiger partial charge in [-0.25, -0.2) is 5.43 Å². The Morgan fingerprint density at radius 1 is 1.20 bits per heavy atom. The molecule has 0 aliphatic heterocycles. The average Bonchev–Trinajstić information content (AvgIpc) is 3.39. The predicted molar refractivity (Wildman–Crippen MR) is 99.7 cm³/mol. The van der Waals surface area contributed by atoms with E-state index in [1.807, 2.05) is 73.6 Å². The minimum Gasteiger partial charge on any atom is -0.378 e. The van der Waals surface area contributed by atoms with Crippen LogP contribution in [0.4, 0.5) is 5.69 Å². The summed E-state index contributed by atoms with van der Waals surface area (Å²) in [5, 5.41) is 4.08. The van der Waals surface area contributed by atoms with Crippen LogP contribution in [0.1, 0.15) is 17.5 Å². The van der Waals surface area contributed by atoms with Crippen molar-refractivity contribution in [2.75, 3.05) is 26.1 Å². The maximum absolute atomic E-state index is 12.4. The molecule has 0 heterocycles. The molecule has 1 amide bonds. The molecule has 1 N–H and O–H groups in total. The van der Waals surface area contributed by atoms with Crippen molar-refractivity contribution in [2.24, 2.45) is 11.0 Å². The molecule has 130 valence electrons. The number of ether oxygens (including phenoxy) is 1. The minimum absolute atomic E-state index is 0.119. The summed E-state index contributed by atoms with van der Waals surface area (Å²) in [6, 6.07) is 17.8. The predicted octanol–water partition coefficient (Wildman–Crippen LogP) is 2.76. The summed E-state index contributed by atoms with van der Waals surface area (Å²) in [6.07, 6.45) is 2.32. The average molecular weight is 337 g/mol. The van der Waals surface area contributed by atoms with Crippen molar-refractivity contribution in [1.29, 1.82) is 0 Å². The molecule has 2 aromatic rings. The molecule has 2 aromatic carbocycles. The highest BCUT2D eigenvalue weighted by Crippen LogP contribution is 2.54. The van der Waals surface area contributed by atoms with Crippen LogP contribution in [0.5, 0.6) is 0 Å². The molecule has 0 saturated heterocycles. The molecular formula is C20H23N3O2. The number of nitrogens with zero attached hydrogens (tertiary/aromatic N) is 2. The Morgan fingerprint density at radius 3 is 2.48 bits per heavy atom. The summed E-state index contributed by atoms with van der Waals surface area (Å²) in [5.74, 6) is -0.333. The van der Waals surface area contributed by atoms with Gasteiger partial charge in [0.05, 0.1) is 12.1 Å². The van der Waals surface area contributed by atoms with Crippen molar-refractivity contribution >= 4 is 17.8 Å². The summed E-state index contributed by atoms with van der Waals surface area (Å²) >= 11 is 0. The number of hydrazone groups is 1. The highest BCUT2D eigenvalue weighted by Gasteiger charge is 2.60. The molecule has 5 heteroatoms. The molecular weight excluding hydrogens is 314 g/mol. The number of hydrogen-bond acceptors (Lipinski definition) is 4. The van der Waals surface area contributed by atoms with Gasteiger partial charge in [-0.1, -0.05) is 42.5 Å². The van der Waals surface area contributed by atoms with Crippen molar-refractivity contribution < 1.29 is 9.53 Å². The molecule has 0 bridgehead atoms. The smallest absolute Gasteiger partial charge is 0.246 e. The van der Waals surface area contributed by atoms with Crippen LogP contribution in [0.3, 0.4) is 0 Å². The summed E-state index contributed by atoms with van der Waals surface area (Å²) in [4.78, 5) is 14.4. The zero-order valence-corrected chi connectivity index (χ0v) is 14.8. The topological polar surface area (TPSA) is 53.9 Å². The first-order valence-corrected chi connectivity index (χ1v) is 8.28. The third-order valence-electron chi connectivity index (χ3n) is 4.65. The van der Waals surface area contributed by atoms with Gasteiger partial charge in [0.15, 0.2) is 0 Å². The standard InChI is InChI=1S/C20H23N3O2/c1-23(2)17-11-9-15(10-12-17)14-21-22-19(24)18-13-20(18,25-3)16-7-5-4-6-8-16/h4-12,14,18H,13H2,1-3H3,(H,22,24)/b21-14-/t18-,20+/m0/s1. The van der Waals surface area contributed by atoms with Crippen LogP contribution in [0.25, 0.3) is 0 Å². The summed E-state index contributed by atoms with van der Waals surface area (Å²) < 4.78 is 5.65. The Bertz CT molecular complexity index is 756. The van der Waals surface area contributed by atoms with Crippen LogP contribution >= 0.6 is 0 Å². The first-order valence-electron chi connectivity index (χ1n) is 8.28. The van der Waals surface area contributed by atoms with E-state index in [-0.39, 0.29) is 11.8 Å². The van der Waals surface area contributed by atoms with E-state index in [4.69, 9.17) is 4.74 Å². The quantitative estimate of drug-likeness (QED) is 0.651. The zero-order chi connectivity index (χ0) is 17.9. The third kappa shape index (κ3) is 3.56. The fraction of sp³-hybridized carbons (Fsp3) is 0.300. The van der Waals surface area contributed by atoms with E-state index in [1.54, 1.807) is 13.3 Å². The molecule has 5 nitrogen and oxygen atoms in total. The fourth-order valence-electron chi connectivity index (χ4n) is 3.04. The number of carbonyl (C=O) groups is 1. The summed E-state index contributed by atoms with van der Waals surface area (Å²) in [7, 11) is 5.64.